The van der Waals surface area contributed by atoms with Crippen molar-refractivity contribution in [2.45, 2.75) is 45.3 Å². The lowest BCUT2D eigenvalue weighted by atomic mass is 10.0. The van der Waals surface area contributed by atoms with Crippen LogP contribution in [-0.4, -0.2) is 62.5 Å². The zero-order valence-electron chi connectivity index (χ0n) is 22.7. The molecule has 1 atom stereocenters. The number of hydrogen-bond donors (Lipinski definition) is 3. The highest BCUT2D eigenvalue weighted by Gasteiger charge is 2.25. The van der Waals surface area contributed by atoms with Gasteiger partial charge in [-0.3, -0.25) is 9.58 Å². The van der Waals surface area contributed by atoms with Crippen LogP contribution < -0.4 is 21.1 Å². The molecule has 4 aromatic rings. The van der Waals surface area contributed by atoms with Gasteiger partial charge in [0.15, 0.2) is 5.82 Å². The molecule has 10 nitrogen and oxygen atoms in total. The van der Waals surface area contributed by atoms with E-state index in [1.807, 2.05) is 30.2 Å². The van der Waals surface area contributed by atoms with Gasteiger partial charge in [-0.05, 0) is 24.1 Å². The minimum Gasteiger partial charge on any atom is -0.496 e. The summed E-state index contributed by atoms with van der Waals surface area (Å²) in [4.78, 5) is 11.5. The van der Waals surface area contributed by atoms with Crippen molar-refractivity contribution < 1.29 is 4.74 Å². The number of aromatic nitrogens is 5. The van der Waals surface area contributed by atoms with Gasteiger partial charge in [0.25, 0.3) is 0 Å². The van der Waals surface area contributed by atoms with E-state index in [4.69, 9.17) is 10.5 Å². The van der Waals surface area contributed by atoms with Crippen LogP contribution in [-0.2, 0) is 20.1 Å². The Bertz CT molecular complexity index is 1360. The number of nitrogens with one attached hydrogen (secondary N) is 2. The van der Waals surface area contributed by atoms with Crippen molar-refractivity contribution in [3.05, 3.63) is 59.5 Å². The van der Waals surface area contributed by atoms with E-state index in [9.17, 15) is 0 Å². The summed E-state index contributed by atoms with van der Waals surface area (Å²) < 4.78 is 9.91. The fraction of sp³-hybridized carbons (Fsp3) is 0.464. The molecule has 5 rings (SSSR count). The number of nitrogens with two attached hydrogens (primary N) is 1. The summed E-state index contributed by atoms with van der Waals surface area (Å²) in [5, 5.41) is 11.4. The highest BCUT2D eigenvalue weighted by molar-refractivity contribution is 5.87. The second kappa shape index (κ2) is 11.8. The Labute approximate surface area is 224 Å². The van der Waals surface area contributed by atoms with Gasteiger partial charge in [-0.1, -0.05) is 31.9 Å². The smallest absolute Gasteiger partial charge is 0.222 e. The molecule has 0 saturated carbocycles. The predicted molar refractivity (Wildman–Crippen MR) is 151 cm³/mol. The molecule has 1 fully saturated rings. The van der Waals surface area contributed by atoms with Crippen molar-refractivity contribution in [2.24, 2.45) is 7.05 Å². The second-order valence-corrected chi connectivity index (χ2v) is 10.0. The Kier molecular flexibility index (Phi) is 8.09. The Balaban J connectivity index is 1.36. The molecule has 0 aliphatic carbocycles. The van der Waals surface area contributed by atoms with E-state index >= 15 is 0 Å². The maximum atomic E-state index is 6.00. The lowest BCUT2D eigenvalue weighted by Crippen LogP contribution is -2.45. The number of fused-ring (bicyclic) bond motifs is 1. The summed E-state index contributed by atoms with van der Waals surface area (Å²) in [5.74, 6) is 1.95. The van der Waals surface area contributed by atoms with Gasteiger partial charge < -0.3 is 25.7 Å². The quantitative estimate of drug-likeness (QED) is 0.259. The van der Waals surface area contributed by atoms with E-state index in [-0.39, 0.29) is 5.95 Å². The summed E-state index contributed by atoms with van der Waals surface area (Å²) in [6.45, 7) is 7.44. The number of aryl methyl sites for hydroxylation is 1. The van der Waals surface area contributed by atoms with Crippen molar-refractivity contribution in [3.63, 3.8) is 0 Å². The molecule has 0 amide bonds. The normalized spacial score (nSPS) is 16.2. The van der Waals surface area contributed by atoms with Gasteiger partial charge in [0.05, 0.1) is 31.4 Å². The van der Waals surface area contributed by atoms with Crippen LogP contribution in [0.5, 0.6) is 5.75 Å². The third-order valence-corrected chi connectivity index (χ3v) is 7.24. The third kappa shape index (κ3) is 5.76. The molecule has 4 heterocycles. The highest BCUT2D eigenvalue weighted by atomic mass is 16.5. The van der Waals surface area contributed by atoms with Crippen LogP contribution in [0.4, 0.5) is 11.8 Å². The van der Waals surface area contributed by atoms with Crippen molar-refractivity contribution >= 4 is 22.8 Å². The average Bonchev–Trinajstić information content (AvgIpc) is 3.53. The summed E-state index contributed by atoms with van der Waals surface area (Å²) in [5.41, 5.74) is 11.4. The monoisotopic (exact) mass is 517 g/mol. The first-order chi connectivity index (χ1) is 18.6. The van der Waals surface area contributed by atoms with Gasteiger partial charge >= 0.3 is 0 Å². The Hall–Kier alpha value is -3.63. The van der Waals surface area contributed by atoms with Gasteiger partial charge in [0, 0.05) is 63.3 Å². The van der Waals surface area contributed by atoms with E-state index in [1.165, 1.54) is 24.0 Å². The zero-order valence-corrected chi connectivity index (χ0v) is 22.7. The van der Waals surface area contributed by atoms with Crippen molar-refractivity contribution in [3.8, 4) is 5.75 Å². The minimum absolute atomic E-state index is 0.285. The number of anilines is 2. The largest absolute Gasteiger partial charge is 0.496 e. The van der Waals surface area contributed by atoms with Crippen LogP contribution in [0.2, 0.25) is 0 Å². The molecule has 0 radical (unpaired) electrons. The first-order valence-corrected chi connectivity index (χ1v) is 13.5. The van der Waals surface area contributed by atoms with Crippen molar-refractivity contribution in [1.82, 2.24) is 34.5 Å². The number of nitrogen functional groups attached to an aromatic ring is 1. The number of methoxy groups -OCH3 is 1. The van der Waals surface area contributed by atoms with Gasteiger partial charge in [0.1, 0.15) is 11.3 Å². The van der Waals surface area contributed by atoms with E-state index in [0.29, 0.717) is 12.6 Å². The van der Waals surface area contributed by atoms with Gasteiger partial charge in [0.2, 0.25) is 5.95 Å². The van der Waals surface area contributed by atoms with E-state index < -0.39 is 0 Å². The average molecular weight is 518 g/mol. The fourth-order valence-corrected chi connectivity index (χ4v) is 5.27. The fourth-order valence-electron chi connectivity index (χ4n) is 5.27. The molecular weight excluding hydrogens is 478 g/mol. The molecular formula is C28H39N9O. The molecule has 1 aliphatic heterocycles. The number of benzene rings is 1. The summed E-state index contributed by atoms with van der Waals surface area (Å²) in [6.07, 6.45) is 9.57. The summed E-state index contributed by atoms with van der Waals surface area (Å²) >= 11 is 0. The van der Waals surface area contributed by atoms with E-state index in [1.54, 1.807) is 7.11 Å². The number of hydrogen-bond acceptors (Lipinski definition) is 8. The Morgan fingerprint density at radius 3 is 2.87 bits per heavy atom. The molecule has 1 saturated heterocycles. The maximum absolute atomic E-state index is 6.00. The lowest BCUT2D eigenvalue weighted by Gasteiger charge is -2.35. The zero-order chi connectivity index (χ0) is 26.5. The molecule has 10 heteroatoms. The first kappa shape index (κ1) is 26.0. The number of ether oxygens (including phenoxy) is 1. The van der Waals surface area contributed by atoms with Crippen molar-refractivity contribution in [1.29, 1.82) is 0 Å². The molecule has 1 aliphatic rings. The summed E-state index contributed by atoms with van der Waals surface area (Å²) in [6, 6.07) is 8.85. The van der Waals surface area contributed by atoms with Crippen LogP contribution in [0.15, 0.2) is 42.9 Å². The second-order valence-electron chi connectivity index (χ2n) is 10.0. The molecule has 1 aromatic carbocycles. The number of nitrogens with zero attached hydrogens (tertiary/aromatic N) is 6. The maximum Gasteiger partial charge on any atom is 0.222 e. The molecule has 4 N–H and O–H groups in total. The molecule has 1 unspecified atom stereocenters. The third-order valence-electron chi connectivity index (χ3n) is 7.24. The van der Waals surface area contributed by atoms with Crippen LogP contribution in [0.1, 0.15) is 48.9 Å². The Morgan fingerprint density at radius 1 is 1.18 bits per heavy atom. The van der Waals surface area contributed by atoms with Crippen molar-refractivity contribution in [2.75, 3.05) is 44.3 Å². The molecule has 0 spiro atoms. The SMILES string of the molecule is CCCCCNc1nc(N)nc2ccn(Cc3ccc(CN4CCNCC4c4cnn(C)c4)cc3OC)c12. The van der Waals surface area contributed by atoms with Gasteiger partial charge in [-0.15, -0.1) is 0 Å². The first-order valence-electron chi connectivity index (χ1n) is 13.5. The lowest BCUT2D eigenvalue weighted by molar-refractivity contribution is 0.153. The summed E-state index contributed by atoms with van der Waals surface area (Å²) in [7, 11) is 3.71. The highest BCUT2D eigenvalue weighted by Crippen LogP contribution is 2.29. The topological polar surface area (TPSA) is 111 Å². The van der Waals surface area contributed by atoms with Crippen LogP contribution in [0.25, 0.3) is 11.0 Å². The number of piperazine rings is 1. The predicted octanol–water partition coefficient (Wildman–Crippen LogP) is 3.55. The molecule has 202 valence electrons. The molecule has 0 bridgehead atoms. The Morgan fingerprint density at radius 2 is 2.08 bits per heavy atom. The van der Waals surface area contributed by atoms with Crippen LogP contribution >= 0.6 is 0 Å². The van der Waals surface area contributed by atoms with E-state index in [2.05, 4.69) is 66.5 Å². The molecule has 38 heavy (non-hydrogen) atoms. The molecule has 3 aromatic heterocycles. The number of unbranched alkanes of at least 4 members (excludes halogenated alkanes) is 2. The van der Waals surface area contributed by atoms with Gasteiger partial charge in [-0.2, -0.15) is 10.1 Å². The van der Waals surface area contributed by atoms with E-state index in [0.717, 1.165) is 67.3 Å². The minimum atomic E-state index is 0.285. The number of rotatable bonds is 11. The van der Waals surface area contributed by atoms with Gasteiger partial charge in [-0.25, -0.2) is 4.98 Å². The van der Waals surface area contributed by atoms with Crippen LogP contribution in [0.3, 0.4) is 0 Å². The standard InChI is InChI=1S/C28H39N9O/c1-4-5-6-10-31-27-26-23(33-28(29)34-27)9-12-37(26)19-21-8-7-20(14-25(21)38-3)17-36-13-11-30-16-24(36)22-15-32-35(2)18-22/h7-9,12,14-15,18,24,30H,4-6,10-11,13,16-17,19H2,1-3H3,(H3,29,31,33,34). The van der Waals surface area contributed by atoms with Crippen LogP contribution in [0, 0.1) is 0 Å².